The number of Topliss-reactive ketones (excluding diaryl/α,β-unsaturated/α-hetero) is 1. The number of aliphatic hydroxyl groups excluding tert-OH is 1. The van der Waals surface area contributed by atoms with E-state index in [1.807, 2.05) is 34.6 Å². The largest absolute Gasteiger partial charge is 0.396 e. The zero-order chi connectivity index (χ0) is 28.6. The number of nitrogens with zero attached hydrogens (tertiary/aromatic N) is 1. The molecule has 39 heavy (non-hydrogen) atoms. The number of amides is 1. The van der Waals surface area contributed by atoms with Crippen LogP contribution in [0, 0.1) is 16.2 Å². The van der Waals surface area contributed by atoms with Crippen LogP contribution in [0.4, 0.5) is 11.4 Å². The maximum absolute atomic E-state index is 13.6. The standard InChI is InChI=1S/C31H42N2O5S/c1-29(2,3)21-39(37,38)24-8-6-7-23(18-24)32-28(36)25-10-9-22(27(35)19-30(4,5)20-34)17-26(25)33-15-13-31(11-12-31)14-16-33/h6-10,17-18,34H,11-16,19-21H2,1-5H3,(H,32,36). The van der Waals surface area contributed by atoms with Gasteiger partial charge in [0.2, 0.25) is 0 Å². The van der Waals surface area contributed by atoms with Crippen LogP contribution in [0.5, 0.6) is 0 Å². The summed E-state index contributed by atoms with van der Waals surface area (Å²) < 4.78 is 25.9. The maximum atomic E-state index is 13.6. The smallest absolute Gasteiger partial charge is 0.257 e. The normalized spacial score (nSPS) is 17.2. The van der Waals surface area contributed by atoms with Crippen LogP contribution in [-0.2, 0) is 9.84 Å². The second kappa shape index (κ2) is 10.7. The number of ketones is 1. The monoisotopic (exact) mass is 554 g/mol. The first-order valence-corrected chi connectivity index (χ1v) is 15.4. The van der Waals surface area contributed by atoms with Crippen LogP contribution in [0.15, 0.2) is 47.4 Å². The Morgan fingerprint density at radius 2 is 1.64 bits per heavy atom. The predicted molar refractivity (Wildman–Crippen MR) is 155 cm³/mol. The molecule has 7 nitrogen and oxygen atoms in total. The van der Waals surface area contributed by atoms with Crippen molar-refractivity contribution in [2.24, 2.45) is 16.2 Å². The molecular formula is C31H42N2O5S. The highest BCUT2D eigenvalue weighted by molar-refractivity contribution is 7.91. The Morgan fingerprint density at radius 1 is 0.974 bits per heavy atom. The molecule has 0 atom stereocenters. The summed E-state index contributed by atoms with van der Waals surface area (Å²) in [5, 5.41) is 12.5. The molecular weight excluding hydrogens is 512 g/mol. The first-order valence-electron chi connectivity index (χ1n) is 13.8. The van der Waals surface area contributed by atoms with E-state index in [9.17, 15) is 23.1 Å². The van der Waals surface area contributed by atoms with E-state index >= 15 is 0 Å². The molecule has 0 radical (unpaired) electrons. The van der Waals surface area contributed by atoms with Gasteiger partial charge in [-0.15, -0.1) is 0 Å². The number of hydrogen-bond acceptors (Lipinski definition) is 6. The van der Waals surface area contributed by atoms with Gasteiger partial charge >= 0.3 is 0 Å². The van der Waals surface area contributed by atoms with Crippen molar-refractivity contribution in [1.29, 1.82) is 0 Å². The molecule has 0 aromatic heterocycles. The molecule has 2 aromatic rings. The first kappa shape index (κ1) is 29.3. The van der Waals surface area contributed by atoms with Crippen molar-refractivity contribution in [1.82, 2.24) is 0 Å². The summed E-state index contributed by atoms with van der Waals surface area (Å²) in [6.45, 7) is 10.9. The Kier molecular flexibility index (Phi) is 8.03. The van der Waals surface area contributed by atoms with Gasteiger partial charge in [0.25, 0.3) is 5.91 Å². The highest BCUT2D eigenvalue weighted by atomic mass is 32.2. The number of aliphatic hydroxyl groups is 1. The second-order valence-corrected chi connectivity index (χ2v) is 15.4. The quantitative estimate of drug-likeness (QED) is 0.384. The van der Waals surface area contributed by atoms with E-state index in [1.165, 1.54) is 18.9 Å². The molecule has 1 saturated heterocycles. The van der Waals surface area contributed by atoms with E-state index in [1.54, 1.807) is 36.4 Å². The summed E-state index contributed by atoms with van der Waals surface area (Å²) in [7, 11) is -3.52. The van der Waals surface area contributed by atoms with Crippen LogP contribution in [0.3, 0.4) is 0 Å². The molecule has 0 unspecified atom stereocenters. The Hall–Kier alpha value is -2.71. The number of carbonyl (C=O) groups excluding carboxylic acids is 2. The van der Waals surface area contributed by atoms with Gasteiger partial charge in [-0.2, -0.15) is 0 Å². The average Bonchev–Trinajstić information content (AvgIpc) is 3.61. The third kappa shape index (κ3) is 7.28. The number of carbonyl (C=O) groups is 2. The minimum Gasteiger partial charge on any atom is -0.396 e. The Bertz CT molecular complexity index is 1340. The summed E-state index contributed by atoms with van der Waals surface area (Å²) in [5.74, 6) is -0.424. The number of nitrogens with one attached hydrogen (secondary N) is 1. The van der Waals surface area contributed by atoms with E-state index in [0.717, 1.165) is 25.9 Å². The fourth-order valence-electron chi connectivity index (χ4n) is 5.27. The minimum atomic E-state index is -3.52. The number of benzene rings is 2. The van der Waals surface area contributed by atoms with Gasteiger partial charge in [-0.1, -0.05) is 46.8 Å². The van der Waals surface area contributed by atoms with Crippen molar-refractivity contribution in [3.63, 3.8) is 0 Å². The van der Waals surface area contributed by atoms with Crippen molar-refractivity contribution in [2.45, 2.75) is 71.6 Å². The lowest BCUT2D eigenvalue weighted by Gasteiger charge is -2.35. The molecule has 1 saturated carbocycles. The van der Waals surface area contributed by atoms with Gasteiger partial charge in [-0.25, -0.2) is 8.42 Å². The number of anilines is 2. The molecule has 1 spiro atoms. The van der Waals surface area contributed by atoms with E-state index in [0.29, 0.717) is 27.9 Å². The highest BCUT2D eigenvalue weighted by Gasteiger charge is 2.44. The van der Waals surface area contributed by atoms with Crippen LogP contribution in [0.1, 0.15) is 87.4 Å². The lowest BCUT2D eigenvalue weighted by Crippen LogP contribution is -2.36. The molecule has 2 N–H and O–H groups in total. The summed E-state index contributed by atoms with van der Waals surface area (Å²) in [4.78, 5) is 29.0. The maximum Gasteiger partial charge on any atom is 0.257 e. The van der Waals surface area contributed by atoms with Crippen LogP contribution >= 0.6 is 0 Å². The average molecular weight is 555 g/mol. The van der Waals surface area contributed by atoms with E-state index in [2.05, 4.69) is 10.2 Å². The van der Waals surface area contributed by atoms with Crippen molar-refractivity contribution < 1.29 is 23.1 Å². The second-order valence-electron chi connectivity index (χ2n) is 13.4. The van der Waals surface area contributed by atoms with Gasteiger partial charge in [0.15, 0.2) is 15.6 Å². The number of rotatable bonds is 9. The van der Waals surface area contributed by atoms with Crippen LogP contribution < -0.4 is 10.2 Å². The third-order valence-corrected chi connectivity index (χ3v) is 10.0. The molecule has 4 rings (SSSR count). The fraction of sp³-hybridized carbons (Fsp3) is 0.548. The van der Waals surface area contributed by atoms with Crippen LogP contribution in [-0.4, -0.2) is 50.7 Å². The van der Waals surface area contributed by atoms with E-state index < -0.39 is 20.7 Å². The van der Waals surface area contributed by atoms with Crippen LogP contribution in [0.2, 0.25) is 0 Å². The molecule has 2 aliphatic rings. The van der Waals surface area contributed by atoms with Crippen molar-refractivity contribution in [3.8, 4) is 0 Å². The fourth-order valence-corrected chi connectivity index (χ4v) is 7.17. The lowest BCUT2D eigenvalue weighted by molar-refractivity contribution is 0.0858. The van der Waals surface area contributed by atoms with Gasteiger partial charge in [-0.05, 0) is 72.3 Å². The van der Waals surface area contributed by atoms with Crippen molar-refractivity contribution >= 4 is 32.9 Å². The zero-order valence-electron chi connectivity index (χ0n) is 23.8. The van der Waals surface area contributed by atoms with Crippen molar-refractivity contribution in [3.05, 3.63) is 53.6 Å². The Balaban J connectivity index is 1.61. The Morgan fingerprint density at radius 3 is 2.23 bits per heavy atom. The van der Waals surface area contributed by atoms with Gasteiger partial charge in [-0.3, -0.25) is 9.59 Å². The zero-order valence-corrected chi connectivity index (χ0v) is 24.7. The van der Waals surface area contributed by atoms with Gasteiger partial charge in [0, 0.05) is 37.4 Å². The Labute approximate surface area is 232 Å². The van der Waals surface area contributed by atoms with Gasteiger partial charge < -0.3 is 15.3 Å². The van der Waals surface area contributed by atoms with E-state index in [-0.39, 0.29) is 35.4 Å². The lowest BCUT2D eigenvalue weighted by atomic mass is 9.86. The number of hydrogen-bond donors (Lipinski definition) is 2. The summed E-state index contributed by atoms with van der Waals surface area (Å²) in [5.41, 5.74) is 1.61. The molecule has 2 fully saturated rings. The topological polar surface area (TPSA) is 104 Å². The minimum absolute atomic E-state index is 0.000572. The molecule has 1 amide bonds. The van der Waals surface area contributed by atoms with E-state index in [4.69, 9.17) is 0 Å². The molecule has 8 heteroatoms. The predicted octanol–water partition coefficient (Wildman–Crippen LogP) is 5.73. The summed E-state index contributed by atoms with van der Waals surface area (Å²) in [6, 6.07) is 11.5. The molecule has 0 bridgehead atoms. The van der Waals surface area contributed by atoms with Crippen molar-refractivity contribution in [2.75, 3.05) is 35.7 Å². The number of sulfone groups is 1. The molecule has 212 valence electrons. The van der Waals surface area contributed by atoms with Gasteiger partial charge in [0.05, 0.1) is 21.9 Å². The highest BCUT2D eigenvalue weighted by Crippen LogP contribution is 2.54. The summed E-state index contributed by atoms with van der Waals surface area (Å²) in [6.07, 6.45) is 4.86. The molecule has 1 heterocycles. The molecule has 1 aliphatic heterocycles. The van der Waals surface area contributed by atoms with Crippen LogP contribution in [0.25, 0.3) is 0 Å². The molecule has 2 aromatic carbocycles. The van der Waals surface area contributed by atoms with Gasteiger partial charge in [0.1, 0.15) is 0 Å². The first-order chi connectivity index (χ1) is 18.1. The summed E-state index contributed by atoms with van der Waals surface area (Å²) >= 11 is 0. The SMILES string of the molecule is CC(C)(C)CS(=O)(=O)c1cccc(NC(=O)c2ccc(C(=O)CC(C)(C)CO)cc2N2CCC3(CC2)CC3)c1. The number of piperidine rings is 1. The molecule has 1 aliphatic carbocycles. The third-order valence-electron chi connectivity index (χ3n) is 7.83.